The molecule has 4 aromatic rings. The largest absolute Gasteiger partial charge is 0.463 e. The number of carbonyl (C=O) groups excluding carboxylic acids is 1. The van der Waals surface area contributed by atoms with Crippen LogP contribution in [0.25, 0.3) is 22.5 Å². The first-order valence-electron chi connectivity index (χ1n) is 8.81. The summed E-state index contributed by atoms with van der Waals surface area (Å²) in [6.07, 6.45) is 3.30. The highest BCUT2D eigenvalue weighted by Crippen LogP contribution is 2.28. The lowest BCUT2D eigenvalue weighted by Gasteiger charge is -2.18. The van der Waals surface area contributed by atoms with Gasteiger partial charge in [0.25, 0.3) is 5.91 Å². The lowest BCUT2D eigenvalue weighted by atomic mass is 10.1. The first-order chi connectivity index (χ1) is 13.1. The van der Waals surface area contributed by atoms with E-state index in [1.54, 1.807) is 36.5 Å². The van der Waals surface area contributed by atoms with Gasteiger partial charge in [-0.25, -0.2) is 9.67 Å². The third-order valence-corrected chi connectivity index (χ3v) is 4.51. The van der Waals surface area contributed by atoms with E-state index in [0.717, 1.165) is 11.1 Å². The number of aromatic nitrogens is 3. The molecule has 136 valence electrons. The molecule has 0 aliphatic carbocycles. The smallest absolute Gasteiger partial charge is 0.258 e. The van der Waals surface area contributed by atoms with Gasteiger partial charge in [-0.1, -0.05) is 18.2 Å². The molecule has 0 aliphatic heterocycles. The second kappa shape index (κ2) is 6.72. The number of carbonyl (C=O) groups is 1. The Labute approximate surface area is 157 Å². The van der Waals surface area contributed by atoms with Gasteiger partial charge in [-0.15, -0.1) is 0 Å². The number of rotatable bonds is 4. The second-order valence-electron chi connectivity index (χ2n) is 6.65. The van der Waals surface area contributed by atoms with Gasteiger partial charge in [0.05, 0.1) is 23.4 Å². The van der Waals surface area contributed by atoms with Gasteiger partial charge >= 0.3 is 0 Å². The number of hydrogen-bond donors (Lipinski definition) is 0. The SMILES string of the molecule is CC(C)n1ncc2c(C(=O)N(C)c3ccccc3)cc(-c3ccco3)nc21. The van der Waals surface area contributed by atoms with Crippen LogP contribution in [0, 0.1) is 0 Å². The third kappa shape index (κ3) is 2.99. The Morgan fingerprint density at radius 3 is 2.59 bits per heavy atom. The third-order valence-electron chi connectivity index (χ3n) is 4.51. The van der Waals surface area contributed by atoms with Gasteiger partial charge in [0.1, 0.15) is 5.69 Å². The molecule has 0 saturated heterocycles. The first-order valence-corrected chi connectivity index (χ1v) is 8.81. The molecular formula is C21H20N4O2. The van der Waals surface area contributed by atoms with Crippen molar-refractivity contribution < 1.29 is 9.21 Å². The maximum absolute atomic E-state index is 13.3. The molecule has 0 unspecified atom stereocenters. The summed E-state index contributed by atoms with van der Waals surface area (Å²) in [6.45, 7) is 4.07. The molecular weight excluding hydrogens is 340 g/mol. The number of anilines is 1. The van der Waals surface area contributed by atoms with Crippen LogP contribution in [0.5, 0.6) is 0 Å². The van der Waals surface area contributed by atoms with E-state index in [1.807, 2.05) is 54.9 Å². The molecule has 4 rings (SSSR count). The average molecular weight is 360 g/mol. The lowest BCUT2D eigenvalue weighted by molar-refractivity contribution is 0.0994. The van der Waals surface area contributed by atoms with E-state index in [1.165, 1.54) is 0 Å². The molecule has 27 heavy (non-hydrogen) atoms. The standard InChI is InChI=1S/C21H20N4O2/c1-14(2)25-20-17(13-22-25)16(12-18(23-20)19-10-7-11-27-19)21(26)24(3)15-8-5-4-6-9-15/h4-14H,1-3H3. The van der Waals surface area contributed by atoms with Crippen molar-refractivity contribution in [2.24, 2.45) is 0 Å². The number of hydrogen-bond acceptors (Lipinski definition) is 4. The predicted octanol–water partition coefficient (Wildman–Crippen LogP) is 4.55. The minimum Gasteiger partial charge on any atom is -0.463 e. The van der Waals surface area contributed by atoms with Crippen LogP contribution in [0.15, 0.2) is 65.4 Å². The van der Waals surface area contributed by atoms with Crippen LogP contribution in [0.1, 0.15) is 30.2 Å². The van der Waals surface area contributed by atoms with E-state index >= 15 is 0 Å². The molecule has 0 spiro atoms. The van der Waals surface area contributed by atoms with Crippen molar-refractivity contribution in [1.29, 1.82) is 0 Å². The van der Waals surface area contributed by atoms with Gasteiger partial charge in [0.15, 0.2) is 11.4 Å². The van der Waals surface area contributed by atoms with Gasteiger partial charge in [-0.2, -0.15) is 5.10 Å². The number of amides is 1. The molecule has 0 radical (unpaired) electrons. The molecule has 0 fully saturated rings. The fourth-order valence-corrected chi connectivity index (χ4v) is 3.07. The molecule has 0 atom stereocenters. The number of furan rings is 1. The Balaban J connectivity index is 1.89. The molecule has 0 saturated carbocycles. The highest BCUT2D eigenvalue weighted by molar-refractivity contribution is 6.13. The molecule has 1 amide bonds. The first kappa shape index (κ1) is 17.0. The van der Waals surface area contributed by atoms with Crippen LogP contribution in [0.3, 0.4) is 0 Å². The quantitative estimate of drug-likeness (QED) is 0.536. The summed E-state index contributed by atoms with van der Waals surface area (Å²) in [5.41, 5.74) is 2.65. The lowest BCUT2D eigenvalue weighted by Crippen LogP contribution is -2.26. The van der Waals surface area contributed by atoms with Crippen LogP contribution < -0.4 is 4.90 Å². The van der Waals surface area contributed by atoms with E-state index in [2.05, 4.69) is 5.10 Å². The topological polar surface area (TPSA) is 64.2 Å². The number of fused-ring (bicyclic) bond motifs is 1. The maximum atomic E-state index is 13.3. The molecule has 0 bridgehead atoms. The van der Waals surface area contributed by atoms with Gasteiger partial charge in [0.2, 0.25) is 0 Å². The number of para-hydroxylation sites is 1. The zero-order valence-electron chi connectivity index (χ0n) is 15.5. The maximum Gasteiger partial charge on any atom is 0.258 e. The zero-order valence-corrected chi connectivity index (χ0v) is 15.5. The summed E-state index contributed by atoms with van der Waals surface area (Å²) in [7, 11) is 1.77. The summed E-state index contributed by atoms with van der Waals surface area (Å²) < 4.78 is 7.33. The predicted molar refractivity (Wildman–Crippen MR) is 105 cm³/mol. The number of pyridine rings is 1. The second-order valence-corrected chi connectivity index (χ2v) is 6.65. The Morgan fingerprint density at radius 1 is 1.15 bits per heavy atom. The minimum absolute atomic E-state index is 0.121. The van der Waals surface area contributed by atoms with Crippen molar-refractivity contribution in [2.45, 2.75) is 19.9 Å². The molecule has 6 nitrogen and oxygen atoms in total. The summed E-state index contributed by atoms with van der Waals surface area (Å²) >= 11 is 0. The summed E-state index contributed by atoms with van der Waals surface area (Å²) in [6, 6.07) is 15.1. The van der Waals surface area contributed by atoms with Gasteiger partial charge in [0, 0.05) is 18.8 Å². The zero-order chi connectivity index (χ0) is 19.0. The van der Waals surface area contributed by atoms with Gasteiger partial charge < -0.3 is 9.32 Å². The van der Waals surface area contributed by atoms with E-state index in [-0.39, 0.29) is 11.9 Å². The molecule has 3 heterocycles. The Bertz CT molecular complexity index is 1080. The fourth-order valence-electron chi connectivity index (χ4n) is 3.07. The number of nitrogens with zero attached hydrogens (tertiary/aromatic N) is 4. The molecule has 0 N–H and O–H groups in total. The van der Waals surface area contributed by atoms with Crippen molar-refractivity contribution in [3.8, 4) is 11.5 Å². The highest BCUT2D eigenvalue weighted by atomic mass is 16.3. The normalized spacial score (nSPS) is 11.3. The van der Waals surface area contributed by atoms with Crippen molar-refractivity contribution in [3.63, 3.8) is 0 Å². The Morgan fingerprint density at radius 2 is 1.93 bits per heavy atom. The molecule has 1 aromatic carbocycles. The molecule has 6 heteroatoms. The Kier molecular flexibility index (Phi) is 4.24. The van der Waals surface area contributed by atoms with Crippen molar-refractivity contribution in [2.75, 3.05) is 11.9 Å². The molecule has 0 aliphatic rings. The highest BCUT2D eigenvalue weighted by Gasteiger charge is 2.22. The van der Waals surface area contributed by atoms with Crippen LogP contribution in [0.2, 0.25) is 0 Å². The summed E-state index contributed by atoms with van der Waals surface area (Å²) in [5.74, 6) is 0.495. The van der Waals surface area contributed by atoms with E-state index in [4.69, 9.17) is 9.40 Å². The van der Waals surface area contributed by atoms with Gasteiger partial charge in [-0.3, -0.25) is 4.79 Å². The fraction of sp³-hybridized carbons (Fsp3) is 0.190. The average Bonchev–Trinajstić information content (AvgIpc) is 3.36. The number of benzene rings is 1. The minimum atomic E-state index is -0.121. The van der Waals surface area contributed by atoms with Crippen LogP contribution in [0.4, 0.5) is 5.69 Å². The monoisotopic (exact) mass is 360 g/mol. The van der Waals surface area contributed by atoms with E-state index in [9.17, 15) is 4.79 Å². The van der Waals surface area contributed by atoms with E-state index in [0.29, 0.717) is 22.7 Å². The van der Waals surface area contributed by atoms with Crippen LogP contribution in [-0.4, -0.2) is 27.7 Å². The van der Waals surface area contributed by atoms with Crippen LogP contribution in [-0.2, 0) is 0 Å². The van der Waals surface area contributed by atoms with E-state index < -0.39 is 0 Å². The molecule has 3 aromatic heterocycles. The van der Waals surface area contributed by atoms with Crippen LogP contribution >= 0.6 is 0 Å². The van der Waals surface area contributed by atoms with Crippen molar-refractivity contribution in [1.82, 2.24) is 14.8 Å². The van der Waals surface area contributed by atoms with Gasteiger partial charge in [-0.05, 0) is 44.2 Å². The summed E-state index contributed by atoms with van der Waals surface area (Å²) in [4.78, 5) is 19.6. The Hall–Kier alpha value is -3.41. The summed E-state index contributed by atoms with van der Waals surface area (Å²) in [5, 5.41) is 5.17. The van der Waals surface area contributed by atoms with Crippen molar-refractivity contribution in [3.05, 3.63) is 66.6 Å². The van der Waals surface area contributed by atoms with Crippen molar-refractivity contribution >= 4 is 22.6 Å².